The Morgan fingerprint density at radius 2 is 1.96 bits per heavy atom. The molecule has 0 saturated carbocycles. The lowest BCUT2D eigenvalue weighted by atomic mass is 10.1. The molecule has 0 fully saturated rings. The molecule has 0 aliphatic heterocycles. The predicted molar refractivity (Wildman–Crippen MR) is 98.4 cm³/mol. The van der Waals surface area contributed by atoms with Crippen molar-refractivity contribution in [3.8, 4) is 5.75 Å². The summed E-state index contributed by atoms with van der Waals surface area (Å²) >= 11 is 0. The smallest absolute Gasteiger partial charge is 0.155 e. The average molecular weight is 355 g/mol. The van der Waals surface area contributed by atoms with E-state index in [2.05, 4.69) is 10.2 Å². The minimum absolute atomic E-state index is 0.00823. The van der Waals surface area contributed by atoms with Crippen LogP contribution in [-0.4, -0.2) is 43.4 Å². The molecule has 1 N–H and O–H groups in total. The van der Waals surface area contributed by atoms with Crippen molar-refractivity contribution in [2.24, 2.45) is 0 Å². The van der Waals surface area contributed by atoms with Crippen LogP contribution in [0.25, 0.3) is 0 Å². The molecule has 0 bridgehead atoms. The fraction of sp³-hybridized carbons (Fsp3) is 0.421. The van der Waals surface area contributed by atoms with E-state index >= 15 is 0 Å². The van der Waals surface area contributed by atoms with E-state index in [-0.39, 0.29) is 12.6 Å². The molecule has 2 aromatic heterocycles. The summed E-state index contributed by atoms with van der Waals surface area (Å²) in [4.78, 5) is 4.75. The van der Waals surface area contributed by atoms with Gasteiger partial charge in [-0.1, -0.05) is 18.2 Å². The summed E-state index contributed by atoms with van der Waals surface area (Å²) in [6.07, 6.45) is 0.569. The van der Waals surface area contributed by atoms with Gasteiger partial charge in [-0.2, -0.15) is 10.2 Å². The van der Waals surface area contributed by atoms with Crippen molar-refractivity contribution in [3.05, 3.63) is 58.9 Å². The highest BCUT2D eigenvalue weighted by Gasteiger charge is 2.20. The Morgan fingerprint density at radius 1 is 1.19 bits per heavy atom. The Balaban J connectivity index is 1.94. The molecule has 7 heteroatoms. The van der Waals surface area contributed by atoms with E-state index in [1.54, 1.807) is 11.8 Å². The molecule has 2 heterocycles. The van der Waals surface area contributed by atoms with Gasteiger partial charge in [0, 0.05) is 17.7 Å². The number of aryl methyl sites for hydroxylation is 2. The molecule has 3 aromatic rings. The number of hydrogen-bond acceptors (Lipinski definition) is 5. The number of para-hydroxylation sites is 1. The number of nitrogens with zero attached hydrogens (tertiary/aromatic N) is 5. The van der Waals surface area contributed by atoms with Gasteiger partial charge in [-0.05, 0) is 32.9 Å². The molecule has 0 aliphatic carbocycles. The second-order valence-electron chi connectivity index (χ2n) is 6.37. The first kappa shape index (κ1) is 18.1. The maximum absolute atomic E-state index is 9.41. The molecule has 0 radical (unpaired) electrons. The average Bonchev–Trinajstić information content (AvgIpc) is 3.17. The molecule has 1 aromatic carbocycles. The Hall–Kier alpha value is -2.67. The molecule has 0 unspecified atom stereocenters. The van der Waals surface area contributed by atoms with Crippen molar-refractivity contribution in [1.29, 1.82) is 0 Å². The largest absolute Gasteiger partial charge is 0.496 e. The number of benzene rings is 1. The van der Waals surface area contributed by atoms with E-state index in [1.165, 1.54) is 0 Å². The molecular weight excluding hydrogens is 330 g/mol. The Labute approximate surface area is 153 Å². The van der Waals surface area contributed by atoms with Gasteiger partial charge in [-0.3, -0.25) is 4.68 Å². The van der Waals surface area contributed by atoms with Crippen LogP contribution < -0.4 is 4.74 Å². The van der Waals surface area contributed by atoms with E-state index in [4.69, 9.17) is 9.72 Å². The van der Waals surface area contributed by atoms with Crippen LogP contribution in [0, 0.1) is 13.8 Å². The van der Waals surface area contributed by atoms with Crippen LogP contribution in [0.4, 0.5) is 0 Å². The van der Waals surface area contributed by atoms with Crippen LogP contribution in [0.5, 0.6) is 5.75 Å². The van der Waals surface area contributed by atoms with Gasteiger partial charge in [-0.25, -0.2) is 9.67 Å². The zero-order valence-corrected chi connectivity index (χ0v) is 15.7. The van der Waals surface area contributed by atoms with Gasteiger partial charge >= 0.3 is 0 Å². The highest BCUT2D eigenvalue weighted by molar-refractivity contribution is 5.35. The molecule has 138 valence electrons. The number of aliphatic hydroxyl groups is 1. The van der Waals surface area contributed by atoms with E-state index in [0.717, 1.165) is 28.5 Å². The monoisotopic (exact) mass is 355 g/mol. The van der Waals surface area contributed by atoms with E-state index < -0.39 is 0 Å². The van der Waals surface area contributed by atoms with Crippen LogP contribution in [0.1, 0.15) is 41.6 Å². The number of aromatic nitrogens is 5. The number of hydrogen-bond donors (Lipinski definition) is 1. The summed E-state index contributed by atoms with van der Waals surface area (Å²) in [5.41, 5.74) is 3.07. The lowest BCUT2D eigenvalue weighted by Crippen LogP contribution is -2.18. The number of aliphatic hydroxyl groups excluding tert-OH is 1. The maximum atomic E-state index is 9.41. The number of ether oxygens (including phenoxy) is 1. The molecular formula is C19H25N5O2. The van der Waals surface area contributed by atoms with Crippen LogP contribution >= 0.6 is 0 Å². The summed E-state index contributed by atoms with van der Waals surface area (Å²) in [5.74, 6) is 2.31. The summed E-state index contributed by atoms with van der Waals surface area (Å²) in [6.45, 7) is 6.46. The van der Waals surface area contributed by atoms with Crippen molar-refractivity contribution in [1.82, 2.24) is 24.5 Å². The normalized spacial score (nSPS) is 12.3. The van der Waals surface area contributed by atoms with Gasteiger partial charge in [0.15, 0.2) is 11.6 Å². The lowest BCUT2D eigenvalue weighted by Gasteiger charge is -2.14. The zero-order chi connectivity index (χ0) is 18.7. The third-order valence-electron chi connectivity index (χ3n) is 4.38. The Morgan fingerprint density at radius 3 is 2.62 bits per heavy atom. The van der Waals surface area contributed by atoms with E-state index in [0.29, 0.717) is 18.8 Å². The second-order valence-corrected chi connectivity index (χ2v) is 6.37. The van der Waals surface area contributed by atoms with Crippen molar-refractivity contribution in [2.45, 2.75) is 39.8 Å². The van der Waals surface area contributed by atoms with E-state index in [9.17, 15) is 5.11 Å². The Bertz CT molecular complexity index is 884. The second kappa shape index (κ2) is 7.70. The van der Waals surface area contributed by atoms with Crippen LogP contribution in [-0.2, 0) is 13.0 Å². The van der Waals surface area contributed by atoms with Crippen molar-refractivity contribution < 1.29 is 9.84 Å². The fourth-order valence-electron chi connectivity index (χ4n) is 3.21. The number of methoxy groups -OCH3 is 1. The lowest BCUT2D eigenvalue weighted by molar-refractivity contribution is 0.264. The molecule has 7 nitrogen and oxygen atoms in total. The Kier molecular flexibility index (Phi) is 5.37. The molecule has 0 spiro atoms. The van der Waals surface area contributed by atoms with Crippen LogP contribution in [0.3, 0.4) is 0 Å². The maximum Gasteiger partial charge on any atom is 0.155 e. The summed E-state index contributed by atoms with van der Waals surface area (Å²) in [5, 5.41) is 18.6. The third-order valence-corrected chi connectivity index (χ3v) is 4.38. The SMILES string of the molecule is COc1ccccc1Cc1nc([C@@H](C)n2nc(C)cc2C)n(CCO)n1. The highest BCUT2D eigenvalue weighted by Crippen LogP contribution is 2.22. The first-order chi connectivity index (χ1) is 12.5. The topological polar surface area (TPSA) is 78.0 Å². The molecule has 0 amide bonds. The van der Waals surface area contributed by atoms with Gasteiger partial charge in [0.25, 0.3) is 0 Å². The minimum atomic E-state index is -0.0748. The van der Waals surface area contributed by atoms with Gasteiger partial charge in [0.2, 0.25) is 0 Å². The highest BCUT2D eigenvalue weighted by atomic mass is 16.5. The standard InChI is InChI=1S/C19H25N5O2/c1-13-11-14(2)24(21-13)15(3)19-20-18(22-23(19)9-10-25)12-16-7-5-6-8-17(16)26-4/h5-8,11,15,25H,9-10,12H2,1-4H3/t15-/m1/s1. The molecule has 0 saturated heterocycles. The van der Waals surface area contributed by atoms with Gasteiger partial charge in [-0.15, -0.1) is 0 Å². The first-order valence-corrected chi connectivity index (χ1v) is 8.72. The molecule has 0 aliphatic rings. The fourth-order valence-corrected chi connectivity index (χ4v) is 3.21. The quantitative estimate of drug-likeness (QED) is 0.703. The minimum Gasteiger partial charge on any atom is -0.496 e. The van der Waals surface area contributed by atoms with Crippen LogP contribution in [0.15, 0.2) is 30.3 Å². The molecule has 26 heavy (non-hydrogen) atoms. The predicted octanol–water partition coefficient (Wildman–Crippen LogP) is 2.29. The molecule has 1 atom stereocenters. The van der Waals surface area contributed by atoms with Gasteiger partial charge in [0.1, 0.15) is 11.8 Å². The van der Waals surface area contributed by atoms with Crippen molar-refractivity contribution in [3.63, 3.8) is 0 Å². The zero-order valence-electron chi connectivity index (χ0n) is 15.7. The van der Waals surface area contributed by atoms with Crippen LogP contribution in [0.2, 0.25) is 0 Å². The first-order valence-electron chi connectivity index (χ1n) is 8.72. The summed E-state index contributed by atoms with van der Waals surface area (Å²) in [7, 11) is 1.66. The number of rotatable bonds is 7. The van der Waals surface area contributed by atoms with E-state index in [1.807, 2.05) is 55.8 Å². The van der Waals surface area contributed by atoms with Gasteiger partial charge in [0.05, 0.1) is 26.0 Å². The van der Waals surface area contributed by atoms with Crippen molar-refractivity contribution >= 4 is 0 Å². The summed E-state index contributed by atoms with van der Waals surface area (Å²) < 4.78 is 9.14. The summed E-state index contributed by atoms with van der Waals surface area (Å²) in [6, 6.07) is 9.82. The van der Waals surface area contributed by atoms with Gasteiger partial charge < -0.3 is 9.84 Å². The van der Waals surface area contributed by atoms with Crippen molar-refractivity contribution in [2.75, 3.05) is 13.7 Å². The third kappa shape index (κ3) is 3.62. The molecule has 3 rings (SSSR count).